The largest absolute Gasteiger partial charge is 0.457 e. The molecule has 0 saturated heterocycles. The van der Waals surface area contributed by atoms with E-state index in [4.69, 9.17) is 4.74 Å². The van der Waals surface area contributed by atoms with Gasteiger partial charge in [-0.2, -0.15) is 0 Å². The zero-order chi connectivity index (χ0) is 30.7. The van der Waals surface area contributed by atoms with Gasteiger partial charge in [0.25, 0.3) is 0 Å². The molecular weight excluding hydrogens is 556 g/mol. The highest BCUT2D eigenvalue weighted by Crippen LogP contribution is 2.60. The van der Waals surface area contributed by atoms with E-state index in [-0.39, 0.29) is 0 Å². The Morgan fingerprint density at radius 2 is 0.761 bits per heavy atom. The molecule has 0 N–H and O–H groups in total. The third-order valence-electron chi connectivity index (χ3n) is 10.3. The van der Waals surface area contributed by atoms with Crippen LogP contribution in [0, 0.1) is 0 Å². The van der Waals surface area contributed by atoms with Gasteiger partial charge in [0.15, 0.2) is 0 Å². The third kappa shape index (κ3) is 3.57. The second-order valence-corrected chi connectivity index (χ2v) is 12.5. The summed E-state index contributed by atoms with van der Waals surface area (Å²) in [5.74, 6) is 1.81. The molecule has 0 aromatic heterocycles. The van der Waals surface area contributed by atoms with Crippen molar-refractivity contribution >= 4 is 0 Å². The Labute approximate surface area is 270 Å². The summed E-state index contributed by atoms with van der Waals surface area (Å²) in [6.07, 6.45) is 0. The summed E-state index contributed by atoms with van der Waals surface area (Å²) in [7, 11) is 0. The molecule has 1 heteroatoms. The van der Waals surface area contributed by atoms with Gasteiger partial charge in [0.1, 0.15) is 11.5 Å². The van der Waals surface area contributed by atoms with Gasteiger partial charge in [-0.15, -0.1) is 0 Å². The molecule has 0 radical (unpaired) electrons. The average Bonchev–Trinajstić information content (AvgIpc) is 3.43. The molecule has 0 saturated carbocycles. The highest BCUT2D eigenvalue weighted by molar-refractivity contribution is 5.90. The van der Waals surface area contributed by atoms with Gasteiger partial charge >= 0.3 is 0 Å². The van der Waals surface area contributed by atoms with Crippen LogP contribution in [0.3, 0.4) is 0 Å². The number of ether oxygens (including phenoxy) is 1. The molecule has 1 heterocycles. The fourth-order valence-electron chi connectivity index (χ4n) is 8.37. The van der Waals surface area contributed by atoms with Crippen molar-refractivity contribution in [3.05, 3.63) is 215 Å². The maximum atomic E-state index is 6.74. The van der Waals surface area contributed by atoms with Crippen molar-refractivity contribution < 1.29 is 4.74 Å². The van der Waals surface area contributed by atoms with Gasteiger partial charge in [-0.05, 0) is 69.1 Å². The molecular formula is C45H32O. The minimum Gasteiger partial charge on any atom is -0.457 e. The Balaban J connectivity index is 1.40. The van der Waals surface area contributed by atoms with Crippen LogP contribution in [0.1, 0.15) is 45.9 Å². The first-order valence-corrected chi connectivity index (χ1v) is 16.0. The SMILES string of the molecule is CC1(c2ccccc2)c2ccccc2Oc2cccc(-c3ccccc3C3(c4ccccc4)c4ccccc4-c4ccccc43)c21. The summed E-state index contributed by atoms with van der Waals surface area (Å²) >= 11 is 0. The van der Waals surface area contributed by atoms with E-state index < -0.39 is 10.8 Å². The van der Waals surface area contributed by atoms with Crippen molar-refractivity contribution in [2.24, 2.45) is 0 Å². The molecule has 2 aliphatic rings. The number of para-hydroxylation sites is 1. The van der Waals surface area contributed by atoms with Gasteiger partial charge < -0.3 is 4.74 Å². The predicted molar refractivity (Wildman–Crippen MR) is 188 cm³/mol. The molecule has 0 bridgehead atoms. The monoisotopic (exact) mass is 588 g/mol. The van der Waals surface area contributed by atoms with Gasteiger partial charge in [-0.1, -0.05) is 164 Å². The van der Waals surface area contributed by atoms with Crippen LogP contribution in [0.15, 0.2) is 176 Å². The molecule has 7 aromatic carbocycles. The van der Waals surface area contributed by atoms with E-state index in [0.717, 1.165) is 11.5 Å². The van der Waals surface area contributed by atoms with Crippen LogP contribution < -0.4 is 4.74 Å². The van der Waals surface area contributed by atoms with E-state index in [2.05, 4.69) is 183 Å². The lowest BCUT2D eigenvalue weighted by Gasteiger charge is -2.41. The van der Waals surface area contributed by atoms with Crippen LogP contribution in [0.25, 0.3) is 22.3 Å². The highest BCUT2D eigenvalue weighted by atomic mass is 16.5. The average molecular weight is 589 g/mol. The van der Waals surface area contributed by atoms with Crippen LogP contribution in [0.5, 0.6) is 11.5 Å². The molecule has 0 amide bonds. The molecule has 7 aromatic rings. The fourth-order valence-corrected chi connectivity index (χ4v) is 8.37. The van der Waals surface area contributed by atoms with Crippen LogP contribution in [-0.2, 0) is 10.8 Å². The summed E-state index contributed by atoms with van der Waals surface area (Å²) in [6, 6.07) is 64.0. The quantitative estimate of drug-likeness (QED) is 0.199. The second kappa shape index (κ2) is 10.2. The Bertz CT molecular complexity index is 2200. The van der Waals surface area contributed by atoms with Crippen LogP contribution in [0.2, 0.25) is 0 Å². The molecule has 1 atom stereocenters. The number of hydrogen-bond donors (Lipinski definition) is 0. The van der Waals surface area contributed by atoms with Crippen molar-refractivity contribution in [3.63, 3.8) is 0 Å². The number of rotatable bonds is 4. The van der Waals surface area contributed by atoms with Crippen LogP contribution in [-0.4, -0.2) is 0 Å². The normalized spacial score (nSPS) is 16.8. The highest BCUT2D eigenvalue weighted by Gasteiger charge is 2.48. The van der Waals surface area contributed by atoms with E-state index in [1.54, 1.807) is 0 Å². The summed E-state index contributed by atoms with van der Waals surface area (Å²) in [5, 5.41) is 0. The molecule has 218 valence electrons. The Morgan fingerprint density at radius 1 is 0.348 bits per heavy atom. The van der Waals surface area contributed by atoms with Gasteiger partial charge in [0.2, 0.25) is 0 Å². The van der Waals surface area contributed by atoms with Crippen molar-refractivity contribution in [1.29, 1.82) is 0 Å². The summed E-state index contributed by atoms with van der Waals surface area (Å²) < 4.78 is 6.74. The lowest BCUT2D eigenvalue weighted by molar-refractivity contribution is 0.428. The molecule has 0 spiro atoms. The van der Waals surface area contributed by atoms with E-state index in [1.807, 2.05) is 0 Å². The lowest BCUT2D eigenvalue weighted by atomic mass is 9.63. The van der Waals surface area contributed by atoms with Crippen molar-refractivity contribution in [2.45, 2.75) is 17.8 Å². The predicted octanol–water partition coefficient (Wildman–Crippen LogP) is 11.2. The Morgan fingerprint density at radius 3 is 1.35 bits per heavy atom. The summed E-state index contributed by atoms with van der Waals surface area (Å²) in [6.45, 7) is 2.36. The molecule has 46 heavy (non-hydrogen) atoms. The third-order valence-corrected chi connectivity index (χ3v) is 10.3. The molecule has 9 rings (SSSR count). The molecule has 1 aliphatic heterocycles. The number of benzene rings is 7. The first-order chi connectivity index (χ1) is 22.7. The summed E-state index contributed by atoms with van der Waals surface area (Å²) in [4.78, 5) is 0. The minimum atomic E-state index is -0.510. The Hall–Kier alpha value is -5.66. The van der Waals surface area contributed by atoms with Crippen molar-refractivity contribution in [1.82, 2.24) is 0 Å². The van der Waals surface area contributed by atoms with E-state index >= 15 is 0 Å². The van der Waals surface area contributed by atoms with E-state index in [9.17, 15) is 0 Å². The van der Waals surface area contributed by atoms with E-state index in [1.165, 1.54) is 61.2 Å². The fraction of sp³-hybridized carbons (Fsp3) is 0.0667. The number of fused-ring (bicyclic) bond motifs is 5. The van der Waals surface area contributed by atoms with Crippen LogP contribution >= 0.6 is 0 Å². The number of hydrogen-bond acceptors (Lipinski definition) is 1. The van der Waals surface area contributed by atoms with Gasteiger partial charge in [0, 0.05) is 11.1 Å². The molecule has 0 fully saturated rings. The van der Waals surface area contributed by atoms with Crippen molar-refractivity contribution in [3.8, 4) is 33.8 Å². The smallest absolute Gasteiger partial charge is 0.132 e. The standard InChI is InChI=1S/C45H32O/c1-44(31-17-4-2-5-18-31)40-28-14-15-29-41(40)46-42-30-16-24-36(43(42)44)35-23-10-13-27-39(35)45(32-19-6-3-7-20-32)37-25-11-8-21-33(37)34-22-9-12-26-38(34)45/h2-30H,1H3. The first kappa shape index (κ1) is 26.7. The second-order valence-electron chi connectivity index (χ2n) is 12.5. The van der Waals surface area contributed by atoms with Crippen LogP contribution in [0.4, 0.5) is 0 Å². The molecule has 1 nitrogen and oxygen atoms in total. The zero-order valence-corrected chi connectivity index (χ0v) is 25.7. The lowest BCUT2D eigenvalue weighted by Crippen LogP contribution is -2.31. The Kier molecular flexibility index (Phi) is 5.92. The van der Waals surface area contributed by atoms with Gasteiger partial charge in [-0.3, -0.25) is 0 Å². The minimum absolute atomic E-state index is 0.444. The van der Waals surface area contributed by atoms with E-state index in [0.29, 0.717) is 0 Å². The van der Waals surface area contributed by atoms with Gasteiger partial charge in [0.05, 0.1) is 10.8 Å². The molecule has 1 aliphatic carbocycles. The van der Waals surface area contributed by atoms with Crippen molar-refractivity contribution in [2.75, 3.05) is 0 Å². The maximum Gasteiger partial charge on any atom is 0.132 e. The molecule has 1 unspecified atom stereocenters. The topological polar surface area (TPSA) is 9.23 Å². The maximum absolute atomic E-state index is 6.74. The summed E-state index contributed by atoms with van der Waals surface area (Å²) in [5.41, 5.74) is 12.8. The first-order valence-electron chi connectivity index (χ1n) is 16.0. The zero-order valence-electron chi connectivity index (χ0n) is 25.7. The van der Waals surface area contributed by atoms with Gasteiger partial charge in [-0.25, -0.2) is 0 Å².